The Morgan fingerprint density at radius 3 is 2.74 bits per heavy atom. The lowest BCUT2D eigenvalue weighted by molar-refractivity contribution is -0.123. The molecule has 2 aromatic rings. The predicted molar refractivity (Wildman–Crippen MR) is 153 cm³/mol. The topological polar surface area (TPSA) is 140 Å². The number of nitrogens with two attached hydrogens (primary N) is 2. The SMILES string of the molecule is CC1CN(c2cc(C(N)=NC(=O)C3(C)CCCc4sc(N)c(C#N)c43)nc(N3CCN(C)CC3)c2)CCN1. The minimum atomic E-state index is -0.941. The van der Waals surface area contributed by atoms with Crippen molar-refractivity contribution in [1.29, 1.82) is 5.26 Å². The molecule has 0 bridgehead atoms. The number of nitrogens with one attached hydrogen (secondary N) is 1. The molecule has 5 N–H and O–H groups in total. The zero-order valence-electron chi connectivity index (χ0n) is 22.5. The van der Waals surface area contributed by atoms with E-state index >= 15 is 0 Å². The van der Waals surface area contributed by atoms with Crippen molar-refractivity contribution in [2.45, 2.75) is 44.6 Å². The molecule has 3 aliphatic rings. The van der Waals surface area contributed by atoms with Crippen LogP contribution in [0.1, 0.15) is 48.4 Å². The summed E-state index contributed by atoms with van der Waals surface area (Å²) >= 11 is 1.40. The lowest BCUT2D eigenvalue weighted by atomic mass is 9.72. The average Bonchev–Trinajstić information content (AvgIpc) is 3.25. The number of anilines is 3. The number of hydrogen-bond acceptors (Lipinski definition) is 9. The van der Waals surface area contributed by atoms with E-state index in [2.05, 4.69) is 51.1 Å². The first-order chi connectivity index (χ1) is 18.2. The van der Waals surface area contributed by atoms with Crippen LogP contribution in [0.25, 0.3) is 0 Å². The highest BCUT2D eigenvalue weighted by molar-refractivity contribution is 7.16. The number of pyridine rings is 1. The van der Waals surface area contributed by atoms with Gasteiger partial charge < -0.3 is 31.5 Å². The van der Waals surface area contributed by atoms with Crippen molar-refractivity contribution in [2.24, 2.45) is 10.7 Å². The molecular weight excluding hydrogens is 498 g/mol. The van der Waals surface area contributed by atoms with Crippen molar-refractivity contribution in [3.63, 3.8) is 0 Å². The van der Waals surface area contributed by atoms with E-state index in [0.29, 0.717) is 28.7 Å². The van der Waals surface area contributed by atoms with Crippen LogP contribution in [0.5, 0.6) is 0 Å². The maximum atomic E-state index is 13.7. The lowest BCUT2D eigenvalue weighted by Gasteiger charge is -2.36. The van der Waals surface area contributed by atoms with Crippen LogP contribution >= 0.6 is 11.3 Å². The Bertz CT molecular complexity index is 1290. The molecule has 202 valence electrons. The summed E-state index contributed by atoms with van der Waals surface area (Å²) in [5.74, 6) is 0.603. The summed E-state index contributed by atoms with van der Waals surface area (Å²) in [7, 11) is 2.13. The fraction of sp³-hybridized carbons (Fsp3) is 0.556. The number of aliphatic imine (C=N–C) groups is 1. The number of hydrogen-bond donors (Lipinski definition) is 3. The van der Waals surface area contributed by atoms with Crippen molar-refractivity contribution >= 4 is 39.6 Å². The highest BCUT2D eigenvalue weighted by Crippen LogP contribution is 2.46. The maximum Gasteiger partial charge on any atom is 0.258 e. The Kier molecular flexibility index (Phi) is 7.31. The third-order valence-corrected chi connectivity index (χ3v) is 9.15. The third-order valence-electron chi connectivity index (χ3n) is 8.07. The molecule has 11 heteroatoms. The second kappa shape index (κ2) is 10.5. The summed E-state index contributed by atoms with van der Waals surface area (Å²) in [5, 5.41) is 13.7. The third kappa shape index (κ3) is 4.96. The fourth-order valence-corrected chi connectivity index (χ4v) is 6.97. The van der Waals surface area contributed by atoms with E-state index in [9.17, 15) is 10.1 Å². The summed E-state index contributed by atoms with van der Waals surface area (Å²) in [6.07, 6.45) is 2.24. The van der Waals surface area contributed by atoms with Gasteiger partial charge in [-0.2, -0.15) is 10.3 Å². The molecule has 38 heavy (non-hydrogen) atoms. The first-order valence-corrected chi connectivity index (χ1v) is 14.2. The van der Waals surface area contributed by atoms with Crippen molar-refractivity contribution in [3.05, 3.63) is 33.8 Å². The van der Waals surface area contributed by atoms with E-state index in [1.165, 1.54) is 11.3 Å². The Morgan fingerprint density at radius 2 is 2.03 bits per heavy atom. The zero-order valence-corrected chi connectivity index (χ0v) is 23.3. The van der Waals surface area contributed by atoms with Gasteiger partial charge in [0, 0.05) is 74.0 Å². The van der Waals surface area contributed by atoms with Crippen LogP contribution in [0, 0.1) is 11.3 Å². The van der Waals surface area contributed by atoms with E-state index in [-0.39, 0.29) is 11.7 Å². The average molecular weight is 536 g/mol. The Labute approximate surface area is 228 Å². The van der Waals surface area contributed by atoms with Crippen molar-refractivity contribution in [2.75, 3.05) is 68.4 Å². The molecule has 5 rings (SSSR count). The van der Waals surface area contributed by atoms with E-state index in [4.69, 9.17) is 16.5 Å². The van der Waals surface area contributed by atoms with E-state index in [1.54, 1.807) is 0 Å². The molecule has 0 radical (unpaired) electrons. The van der Waals surface area contributed by atoms with Crippen molar-refractivity contribution in [3.8, 4) is 6.07 Å². The monoisotopic (exact) mass is 535 g/mol. The number of amidine groups is 1. The number of carbonyl (C=O) groups is 1. The summed E-state index contributed by atoms with van der Waals surface area (Å²) in [5.41, 5.74) is 14.4. The van der Waals surface area contributed by atoms with E-state index < -0.39 is 5.41 Å². The number of fused-ring (bicyclic) bond motifs is 1. The largest absolute Gasteiger partial charge is 0.389 e. The van der Waals surface area contributed by atoms with Crippen LogP contribution < -0.4 is 26.6 Å². The van der Waals surface area contributed by atoms with Crippen LogP contribution in [0.3, 0.4) is 0 Å². The number of amides is 1. The number of aryl methyl sites for hydroxylation is 1. The standard InChI is InChI=1S/C27H37N9OS/c1-17-16-36(8-7-31-17)18-13-20(32-22(14-18)35-11-9-34(3)10-12-35)24(29)33-26(37)27(2)6-4-5-21-23(27)19(15-28)25(30)38-21/h13-14,17,31H,4-12,16,30H2,1-3H3,(H2,29,33,37). The molecule has 1 amide bonds. The van der Waals surface area contributed by atoms with Crippen LogP contribution in [-0.2, 0) is 16.6 Å². The fourth-order valence-electron chi connectivity index (χ4n) is 5.78. The van der Waals surface area contributed by atoms with E-state index in [1.807, 2.05) is 13.0 Å². The molecule has 2 fully saturated rings. The summed E-state index contributed by atoms with van der Waals surface area (Å²) in [4.78, 5) is 30.9. The van der Waals surface area contributed by atoms with Crippen LogP contribution in [0.15, 0.2) is 17.1 Å². The first kappa shape index (κ1) is 26.4. The molecule has 2 aliphatic heterocycles. The Balaban J connectivity index is 1.51. The number of nitrogen functional groups attached to an aromatic ring is 1. The van der Waals surface area contributed by atoms with Crippen LogP contribution in [0.4, 0.5) is 16.5 Å². The molecule has 10 nitrogen and oxygen atoms in total. The van der Waals surface area contributed by atoms with Crippen LogP contribution in [0.2, 0.25) is 0 Å². The van der Waals surface area contributed by atoms with Gasteiger partial charge in [-0.25, -0.2) is 4.98 Å². The van der Waals surface area contributed by atoms with Gasteiger partial charge in [0.25, 0.3) is 5.91 Å². The molecule has 0 saturated carbocycles. The van der Waals surface area contributed by atoms with Crippen LogP contribution in [-0.4, -0.2) is 80.5 Å². The zero-order chi connectivity index (χ0) is 27.0. The highest BCUT2D eigenvalue weighted by Gasteiger charge is 2.43. The van der Waals surface area contributed by atoms with Gasteiger partial charge in [-0.1, -0.05) is 0 Å². The van der Waals surface area contributed by atoms with Crippen molar-refractivity contribution in [1.82, 2.24) is 15.2 Å². The number of likely N-dealkylation sites (N-methyl/N-ethyl adjacent to an activating group) is 1. The summed E-state index contributed by atoms with van der Waals surface area (Å²) < 4.78 is 0. The quantitative estimate of drug-likeness (QED) is 0.394. The van der Waals surface area contributed by atoms with Gasteiger partial charge >= 0.3 is 0 Å². The molecule has 2 atom stereocenters. The molecule has 1 aliphatic carbocycles. The molecule has 0 aromatic carbocycles. The molecular formula is C27H37N9OS. The van der Waals surface area contributed by atoms with Gasteiger partial charge in [-0.15, -0.1) is 11.3 Å². The van der Waals surface area contributed by atoms with Gasteiger partial charge in [-0.3, -0.25) is 4.79 Å². The maximum absolute atomic E-state index is 13.7. The number of rotatable bonds is 4. The second-order valence-corrected chi connectivity index (χ2v) is 12.0. The normalized spacial score (nSPS) is 24.7. The van der Waals surface area contributed by atoms with E-state index in [0.717, 1.165) is 80.6 Å². The number of nitrogens with zero attached hydrogens (tertiary/aromatic N) is 6. The number of nitriles is 1. The number of piperazine rings is 2. The van der Waals surface area contributed by atoms with Gasteiger partial charge in [0.1, 0.15) is 22.6 Å². The minimum Gasteiger partial charge on any atom is -0.389 e. The van der Waals surface area contributed by atoms with Gasteiger partial charge in [-0.05, 0) is 46.2 Å². The molecule has 0 spiro atoms. The predicted octanol–water partition coefficient (Wildman–Crippen LogP) is 1.67. The summed E-state index contributed by atoms with van der Waals surface area (Å²) in [6, 6.07) is 6.66. The summed E-state index contributed by atoms with van der Waals surface area (Å²) in [6.45, 7) is 10.3. The van der Waals surface area contributed by atoms with Gasteiger partial charge in [0.15, 0.2) is 5.84 Å². The molecule has 2 aromatic heterocycles. The lowest BCUT2D eigenvalue weighted by Crippen LogP contribution is -2.49. The first-order valence-electron chi connectivity index (χ1n) is 13.3. The minimum absolute atomic E-state index is 0.102. The Hall–Kier alpha value is -3.20. The number of thiophene rings is 1. The van der Waals surface area contributed by atoms with Crippen molar-refractivity contribution < 1.29 is 4.79 Å². The second-order valence-electron chi connectivity index (χ2n) is 10.9. The highest BCUT2D eigenvalue weighted by atomic mass is 32.1. The Morgan fingerprint density at radius 1 is 1.26 bits per heavy atom. The smallest absolute Gasteiger partial charge is 0.258 e. The van der Waals surface area contributed by atoms with Gasteiger partial charge in [0.2, 0.25) is 0 Å². The molecule has 2 saturated heterocycles. The molecule has 2 unspecified atom stereocenters. The number of aromatic nitrogens is 1. The molecule has 4 heterocycles. The number of carbonyl (C=O) groups excluding carboxylic acids is 1. The van der Waals surface area contributed by atoms with Gasteiger partial charge in [0.05, 0.1) is 11.0 Å².